The van der Waals surface area contributed by atoms with E-state index in [1.165, 1.54) is 50.3 Å². The minimum Gasteiger partial charge on any atom is -0.352 e. The van der Waals surface area contributed by atoms with Crippen LogP contribution in [0.1, 0.15) is 42.5 Å². The Kier molecular flexibility index (Phi) is 4.75. The molecule has 0 unspecified atom stereocenters. The van der Waals surface area contributed by atoms with E-state index < -0.39 is 0 Å². The third kappa shape index (κ3) is 3.55. The molecule has 18 heavy (non-hydrogen) atoms. The van der Waals surface area contributed by atoms with Crippen LogP contribution in [0.25, 0.3) is 0 Å². The number of carbonyl (C=O) groups excluding carboxylic acids is 1. The summed E-state index contributed by atoms with van der Waals surface area (Å²) in [6.45, 7) is 0.730. The number of amides is 1. The van der Waals surface area contributed by atoms with Crippen LogP contribution in [0.5, 0.6) is 0 Å². The fourth-order valence-corrected chi connectivity index (χ4v) is 2.75. The van der Waals surface area contributed by atoms with Crippen LogP contribution in [0.3, 0.4) is 0 Å². The molecule has 1 saturated carbocycles. The number of hydrogen-bond donors (Lipinski definition) is 1. The molecule has 1 amide bonds. The van der Waals surface area contributed by atoms with Crippen molar-refractivity contribution in [3.63, 3.8) is 0 Å². The summed E-state index contributed by atoms with van der Waals surface area (Å²) in [4.78, 5) is 11.9. The summed E-state index contributed by atoms with van der Waals surface area (Å²) < 4.78 is 13.4. The van der Waals surface area contributed by atoms with Crippen molar-refractivity contribution in [2.45, 2.75) is 32.1 Å². The summed E-state index contributed by atoms with van der Waals surface area (Å²) in [7, 11) is 0. The van der Waals surface area contributed by atoms with Crippen LogP contribution in [0, 0.1) is 11.7 Å². The summed E-state index contributed by atoms with van der Waals surface area (Å²) in [5, 5.41) is 2.93. The van der Waals surface area contributed by atoms with Gasteiger partial charge >= 0.3 is 0 Å². The van der Waals surface area contributed by atoms with E-state index >= 15 is 0 Å². The first-order chi connectivity index (χ1) is 8.66. The molecule has 1 aliphatic rings. The maximum absolute atomic E-state index is 13.1. The van der Waals surface area contributed by atoms with Crippen molar-refractivity contribution in [1.82, 2.24) is 5.32 Å². The highest BCUT2D eigenvalue weighted by atomic mass is 79.9. The van der Waals surface area contributed by atoms with Gasteiger partial charge in [-0.15, -0.1) is 0 Å². The second-order valence-corrected chi connectivity index (χ2v) is 5.70. The molecule has 2 nitrogen and oxygen atoms in total. The van der Waals surface area contributed by atoms with Crippen molar-refractivity contribution in [2.75, 3.05) is 6.54 Å². The molecule has 1 aliphatic carbocycles. The summed E-state index contributed by atoms with van der Waals surface area (Å²) in [5.41, 5.74) is 0.499. The first-order valence-electron chi connectivity index (χ1n) is 6.40. The number of halogens is 2. The molecule has 4 heteroatoms. The topological polar surface area (TPSA) is 29.1 Å². The standard InChI is InChI=1S/C14H17BrFNO/c15-12-8-11(6-7-13(12)16)14(18)17-9-10-4-2-1-3-5-10/h6-8,10H,1-5,9H2,(H,17,18). The molecule has 0 radical (unpaired) electrons. The summed E-state index contributed by atoms with van der Waals surface area (Å²) >= 11 is 3.09. The molecule has 0 atom stereocenters. The van der Waals surface area contributed by atoms with Gasteiger partial charge in [-0.2, -0.15) is 0 Å². The van der Waals surface area contributed by atoms with Gasteiger partial charge in [0.25, 0.3) is 5.91 Å². The number of rotatable bonds is 3. The minimum absolute atomic E-state index is 0.124. The van der Waals surface area contributed by atoms with Crippen LogP contribution < -0.4 is 5.32 Å². The van der Waals surface area contributed by atoms with Gasteiger partial charge in [0, 0.05) is 12.1 Å². The van der Waals surface area contributed by atoms with Crippen LogP contribution in [0.15, 0.2) is 22.7 Å². The van der Waals surface area contributed by atoms with Crippen LogP contribution >= 0.6 is 15.9 Å². The molecule has 1 fully saturated rings. The Morgan fingerprint density at radius 2 is 2.06 bits per heavy atom. The second-order valence-electron chi connectivity index (χ2n) is 4.84. The quantitative estimate of drug-likeness (QED) is 0.901. The first kappa shape index (κ1) is 13.5. The van der Waals surface area contributed by atoms with Gasteiger partial charge in [-0.3, -0.25) is 4.79 Å². The Morgan fingerprint density at radius 3 is 2.72 bits per heavy atom. The van der Waals surface area contributed by atoms with Crippen molar-refractivity contribution in [3.05, 3.63) is 34.1 Å². The van der Waals surface area contributed by atoms with E-state index in [0.717, 1.165) is 6.54 Å². The van der Waals surface area contributed by atoms with Gasteiger partial charge in [0.1, 0.15) is 5.82 Å². The van der Waals surface area contributed by atoms with Gasteiger partial charge in [-0.05, 0) is 52.9 Å². The number of hydrogen-bond acceptors (Lipinski definition) is 1. The zero-order chi connectivity index (χ0) is 13.0. The van der Waals surface area contributed by atoms with Crippen LogP contribution in [-0.2, 0) is 0 Å². The van der Waals surface area contributed by atoms with Gasteiger partial charge in [-0.25, -0.2) is 4.39 Å². The maximum Gasteiger partial charge on any atom is 0.251 e. The average Bonchev–Trinajstić information content (AvgIpc) is 2.40. The summed E-state index contributed by atoms with van der Waals surface area (Å²) in [6, 6.07) is 4.33. The summed E-state index contributed by atoms with van der Waals surface area (Å²) in [6.07, 6.45) is 6.25. The van der Waals surface area contributed by atoms with E-state index in [-0.39, 0.29) is 11.7 Å². The van der Waals surface area contributed by atoms with Crippen molar-refractivity contribution in [3.8, 4) is 0 Å². The fraction of sp³-hybridized carbons (Fsp3) is 0.500. The Morgan fingerprint density at radius 1 is 1.33 bits per heavy atom. The number of carbonyl (C=O) groups is 1. The second kappa shape index (κ2) is 6.32. The van der Waals surface area contributed by atoms with Crippen molar-refractivity contribution >= 4 is 21.8 Å². The maximum atomic E-state index is 13.1. The van der Waals surface area contributed by atoms with Crippen LogP contribution in [-0.4, -0.2) is 12.5 Å². The molecule has 2 rings (SSSR count). The van der Waals surface area contributed by atoms with E-state index in [9.17, 15) is 9.18 Å². The van der Waals surface area contributed by atoms with Gasteiger partial charge in [0.2, 0.25) is 0 Å². The molecular formula is C14H17BrFNO. The highest BCUT2D eigenvalue weighted by Crippen LogP contribution is 2.23. The highest BCUT2D eigenvalue weighted by molar-refractivity contribution is 9.10. The van der Waals surface area contributed by atoms with Crippen molar-refractivity contribution in [1.29, 1.82) is 0 Å². The largest absolute Gasteiger partial charge is 0.352 e. The lowest BCUT2D eigenvalue weighted by molar-refractivity contribution is 0.0943. The molecule has 0 aromatic heterocycles. The zero-order valence-electron chi connectivity index (χ0n) is 10.2. The van der Waals surface area contributed by atoms with Gasteiger partial charge in [0.05, 0.1) is 4.47 Å². The normalized spacial score (nSPS) is 16.6. The Balaban J connectivity index is 1.88. The predicted octanol–water partition coefficient (Wildman–Crippen LogP) is 3.90. The van der Waals surface area contributed by atoms with E-state index in [4.69, 9.17) is 0 Å². The molecule has 0 aliphatic heterocycles. The predicted molar refractivity (Wildman–Crippen MR) is 73.0 cm³/mol. The molecule has 0 spiro atoms. The van der Waals surface area contributed by atoms with Crippen LogP contribution in [0.2, 0.25) is 0 Å². The van der Waals surface area contributed by atoms with Gasteiger partial charge in [0.15, 0.2) is 0 Å². The Bertz CT molecular complexity index is 430. The van der Waals surface area contributed by atoms with Crippen LogP contribution in [0.4, 0.5) is 4.39 Å². The first-order valence-corrected chi connectivity index (χ1v) is 7.19. The molecule has 0 heterocycles. The van der Waals surface area contributed by atoms with Gasteiger partial charge < -0.3 is 5.32 Å². The van der Waals surface area contributed by atoms with E-state index in [0.29, 0.717) is 16.0 Å². The van der Waals surface area contributed by atoms with Crippen molar-refractivity contribution < 1.29 is 9.18 Å². The van der Waals surface area contributed by atoms with E-state index in [1.54, 1.807) is 0 Å². The minimum atomic E-state index is -0.348. The lowest BCUT2D eigenvalue weighted by Gasteiger charge is -2.21. The third-order valence-corrected chi connectivity index (χ3v) is 4.07. The fourth-order valence-electron chi connectivity index (χ4n) is 2.37. The monoisotopic (exact) mass is 313 g/mol. The number of benzene rings is 1. The molecule has 1 aromatic carbocycles. The lowest BCUT2D eigenvalue weighted by atomic mass is 9.89. The lowest BCUT2D eigenvalue weighted by Crippen LogP contribution is -2.30. The summed E-state index contributed by atoms with van der Waals surface area (Å²) in [5.74, 6) is 0.131. The molecule has 1 N–H and O–H groups in total. The molecule has 0 saturated heterocycles. The Labute approximate surface area is 115 Å². The average molecular weight is 314 g/mol. The van der Waals surface area contributed by atoms with E-state index in [1.807, 2.05) is 0 Å². The molecule has 0 bridgehead atoms. The third-order valence-electron chi connectivity index (χ3n) is 3.46. The SMILES string of the molecule is O=C(NCC1CCCCC1)c1ccc(F)c(Br)c1. The van der Waals surface area contributed by atoms with Crippen molar-refractivity contribution in [2.24, 2.45) is 5.92 Å². The van der Waals surface area contributed by atoms with Gasteiger partial charge in [-0.1, -0.05) is 19.3 Å². The Hall–Kier alpha value is -0.900. The molecular weight excluding hydrogens is 297 g/mol. The zero-order valence-corrected chi connectivity index (χ0v) is 11.8. The molecule has 1 aromatic rings. The molecule has 98 valence electrons. The number of nitrogens with one attached hydrogen (secondary N) is 1. The smallest absolute Gasteiger partial charge is 0.251 e. The van der Waals surface area contributed by atoms with E-state index in [2.05, 4.69) is 21.2 Å². The highest BCUT2D eigenvalue weighted by Gasteiger charge is 2.15.